The van der Waals surface area contributed by atoms with Gasteiger partial charge < -0.3 is 15.8 Å². The van der Waals surface area contributed by atoms with Crippen LogP contribution < -0.4 is 15.8 Å². The maximum atomic E-state index is 14.0. The minimum absolute atomic E-state index is 0.160. The molecular formula is C24H30F2N4O2. The second-order valence-corrected chi connectivity index (χ2v) is 8.38. The van der Waals surface area contributed by atoms with Crippen LogP contribution >= 0.6 is 0 Å². The van der Waals surface area contributed by atoms with Crippen molar-refractivity contribution in [3.8, 4) is 5.75 Å². The van der Waals surface area contributed by atoms with Crippen LogP contribution in [0, 0.1) is 18.6 Å². The van der Waals surface area contributed by atoms with Gasteiger partial charge in [-0.25, -0.2) is 13.8 Å². The molecule has 3 aromatic rings. The average Bonchev–Trinajstić information content (AvgIpc) is 3.07. The van der Waals surface area contributed by atoms with Crippen LogP contribution in [0.1, 0.15) is 60.9 Å². The van der Waals surface area contributed by atoms with Crippen molar-refractivity contribution in [2.45, 2.75) is 59.1 Å². The highest BCUT2D eigenvalue weighted by Crippen LogP contribution is 2.26. The number of nitrogens with two attached hydrogens (primary N) is 1. The molecule has 2 aromatic heterocycles. The zero-order chi connectivity index (χ0) is 23.5. The molecule has 1 aromatic carbocycles. The lowest BCUT2D eigenvalue weighted by Crippen LogP contribution is -2.47. The van der Waals surface area contributed by atoms with Crippen LogP contribution in [-0.2, 0) is 13.0 Å². The summed E-state index contributed by atoms with van der Waals surface area (Å²) in [6, 6.07) is 5.46. The molecular weight excluding hydrogens is 414 g/mol. The second-order valence-electron chi connectivity index (χ2n) is 8.38. The van der Waals surface area contributed by atoms with Gasteiger partial charge in [0.05, 0.1) is 11.3 Å². The Hall–Kier alpha value is -3.00. The summed E-state index contributed by atoms with van der Waals surface area (Å²) in [6.45, 7) is 7.69. The summed E-state index contributed by atoms with van der Waals surface area (Å²) in [5.74, 6) is -1.29. The molecule has 1 atom stereocenters. The standard InChI is InChI=1S/C24H30F2N4O2/c1-5-10-24(4,27)14-28-23(31)21-15(3)29-22-20(11-16(6-2)12-30(21)22)32-13-17-18(25)8-7-9-19(17)26/h7-9,11-12H,5-6,10,13-14,27H2,1-4H3,(H,28,31). The van der Waals surface area contributed by atoms with Crippen molar-refractivity contribution >= 4 is 11.6 Å². The number of carbonyl (C=O) groups is 1. The Bertz CT molecular complexity index is 1100. The third-order valence-corrected chi connectivity index (χ3v) is 5.45. The van der Waals surface area contributed by atoms with Gasteiger partial charge >= 0.3 is 0 Å². The number of imidazole rings is 1. The van der Waals surface area contributed by atoms with Crippen molar-refractivity contribution in [2.24, 2.45) is 5.73 Å². The maximum absolute atomic E-state index is 14.0. The summed E-state index contributed by atoms with van der Waals surface area (Å²) < 4.78 is 35.5. The highest BCUT2D eigenvalue weighted by atomic mass is 19.1. The number of fused-ring (bicyclic) bond motifs is 1. The van der Waals surface area contributed by atoms with E-state index in [0.29, 0.717) is 35.8 Å². The van der Waals surface area contributed by atoms with Crippen LogP contribution in [0.4, 0.5) is 8.78 Å². The van der Waals surface area contributed by atoms with Crippen LogP contribution in [-0.4, -0.2) is 27.4 Å². The summed E-state index contributed by atoms with van der Waals surface area (Å²) in [5, 5.41) is 2.91. The van der Waals surface area contributed by atoms with Crippen molar-refractivity contribution in [1.29, 1.82) is 0 Å². The smallest absolute Gasteiger partial charge is 0.270 e. The van der Waals surface area contributed by atoms with Crippen LogP contribution in [0.3, 0.4) is 0 Å². The molecule has 0 fully saturated rings. The van der Waals surface area contributed by atoms with Crippen molar-refractivity contribution in [1.82, 2.24) is 14.7 Å². The Morgan fingerprint density at radius 1 is 1.28 bits per heavy atom. The molecule has 1 amide bonds. The number of amides is 1. The number of hydrogen-bond donors (Lipinski definition) is 2. The highest BCUT2D eigenvalue weighted by Gasteiger charge is 2.23. The molecule has 1 unspecified atom stereocenters. The molecule has 32 heavy (non-hydrogen) atoms. The van der Waals surface area contributed by atoms with E-state index < -0.39 is 17.2 Å². The van der Waals surface area contributed by atoms with Gasteiger partial charge in [0.25, 0.3) is 5.91 Å². The van der Waals surface area contributed by atoms with Gasteiger partial charge in [0.1, 0.15) is 23.9 Å². The summed E-state index contributed by atoms with van der Waals surface area (Å²) >= 11 is 0. The fourth-order valence-corrected chi connectivity index (χ4v) is 3.70. The third kappa shape index (κ3) is 5.07. The third-order valence-electron chi connectivity index (χ3n) is 5.45. The zero-order valence-electron chi connectivity index (χ0n) is 19.0. The average molecular weight is 445 g/mol. The quantitative estimate of drug-likeness (QED) is 0.515. The molecule has 3 N–H and O–H groups in total. The van der Waals surface area contributed by atoms with Gasteiger partial charge in [0.15, 0.2) is 11.4 Å². The number of benzene rings is 1. The number of ether oxygens (including phenoxy) is 1. The monoisotopic (exact) mass is 444 g/mol. The van der Waals surface area contributed by atoms with E-state index in [-0.39, 0.29) is 18.1 Å². The summed E-state index contributed by atoms with van der Waals surface area (Å²) in [4.78, 5) is 17.5. The first-order valence-corrected chi connectivity index (χ1v) is 10.8. The van der Waals surface area contributed by atoms with Crippen LogP contribution in [0.25, 0.3) is 5.65 Å². The molecule has 0 aliphatic heterocycles. The molecule has 0 bridgehead atoms. The molecule has 0 saturated carbocycles. The summed E-state index contributed by atoms with van der Waals surface area (Å²) in [7, 11) is 0. The van der Waals surface area contributed by atoms with Crippen molar-refractivity contribution in [2.75, 3.05) is 6.54 Å². The Morgan fingerprint density at radius 2 is 1.97 bits per heavy atom. The van der Waals surface area contributed by atoms with Crippen LogP contribution in [0.15, 0.2) is 30.5 Å². The molecule has 0 radical (unpaired) electrons. The van der Waals surface area contributed by atoms with Gasteiger partial charge in [-0.3, -0.25) is 9.20 Å². The predicted molar refractivity (Wildman–Crippen MR) is 120 cm³/mol. The van der Waals surface area contributed by atoms with Crippen molar-refractivity contribution in [3.63, 3.8) is 0 Å². The first-order chi connectivity index (χ1) is 15.2. The van der Waals surface area contributed by atoms with E-state index in [1.165, 1.54) is 18.2 Å². The first kappa shape index (κ1) is 23.7. The largest absolute Gasteiger partial charge is 0.485 e. The molecule has 0 aliphatic rings. The number of carbonyl (C=O) groups excluding carboxylic acids is 1. The number of pyridine rings is 1. The number of halogens is 2. The maximum Gasteiger partial charge on any atom is 0.270 e. The number of aromatic nitrogens is 2. The van der Waals surface area contributed by atoms with Crippen LogP contribution in [0.2, 0.25) is 0 Å². The predicted octanol–water partition coefficient (Wildman–Crippen LogP) is 4.31. The lowest BCUT2D eigenvalue weighted by Gasteiger charge is -2.24. The Labute approximate surface area is 186 Å². The number of nitrogens with one attached hydrogen (secondary N) is 1. The van der Waals surface area contributed by atoms with E-state index in [1.54, 1.807) is 17.4 Å². The normalized spacial score (nSPS) is 13.2. The number of rotatable bonds is 9. The first-order valence-electron chi connectivity index (χ1n) is 10.8. The van der Waals surface area contributed by atoms with E-state index in [4.69, 9.17) is 10.5 Å². The molecule has 172 valence electrons. The highest BCUT2D eigenvalue weighted by molar-refractivity contribution is 5.95. The van der Waals surface area contributed by atoms with E-state index in [9.17, 15) is 13.6 Å². The minimum atomic E-state index is -0.677. The summed E-state index contributed by atoms with van der Waals surface area (Å²) in [6.07, 6.45) is 4.20. The lowest BCUT2D eigenvalue weighted by molar-refractivity contribution is 0.0937. The van der Waals surface area contributed by atoms with Gasteiger partial charge in [-0.1, -0.05) is 26.3 Å². The van der Waals surface area contributed by atoms with Gasteiger partial charge in [-0.05, 0) is 50.5 Å². The van der Waals surface area contributed by atoms with Gasteiger partial charge in [0.2, 0.25) is 0 Å². The number of hydrogen-bond acceptors (Lipinski definition) is 4. The second kappa shape index (κ2) is 9.65. The summed E-state index contributed by atoms with van der Waals surface area (Å²) in [5.41, 5.74) is 7.78. The zero-order valence-corrected chi connectivity index (χ0v) is 19.0. The van der Waals surface area contributed by atoms with Crippen LogP contribution in [0.5, 0.6) is 5.75 Å². The van der Waals surface area contributed by atoms with Crippen molar-refractivity contribution < 1.29 is 18.3 Å². The molecule has 6 nitrogen and oxygen atoms in total. The molecule has 0 saturated heterocycles. The fourth-order valence-electron chi connectivity index (χ4n) is 3.70. The molecule has 3 rings (SSSR count). The minimum Gasteiger partial charge on any atom is -0.485 e. The van der Waals surface area contributed by atoms with Crippen molar-refractivity contribution in [3.05, 3.63) is 64.6 Å². The molecule has 0 aliphatic carbocycles. The Morgan fingerprint density at radius 3 is 2.59 bits per heavy atom. The fraction of sp³-hybridized carbons (Fsp3) is 0.417. The SMILES string of the molecule is CCCC(C)(N)CNC(=O)c1c(C)nc2c(OCc3c(F)cccc3F)cc(CC)cn12. The van der Waals surface area contributed by atoms with Gasteiger partial charge in [-0.15, -0.1) is 0 Å². The molecule has 8 heteroatoms. The van der Waals surface area contributed by atoms with Gasteiger partial charge in [-0.2, -0.15) is 0 Å². The molecule has 2 heterocycles. The lowest BCUT2D eigenvalue weighted by atomic mass is 9.98. The Balaban J connectivity index is 1.94. The van der Waals surface area contributed by atoms with E-state index in [2.05, 4.69) is 10.3 Å². The topological polar surface area (TPSA) is 81.6 Å². The van der Waals surface area contributed by atoms with E-state index in [0.717, 1.165) is 18.4 Å². The Kier molecular flexibility index (Phi) is 7.13. The van der Waals surface area contributed by atoms with Gasteiger partial charge in [0, 0.05) is 18.3 Å². The number of aryl methyl sites for hydroxylation is 2. The van der Waals surface area contributed by atoms with E-state index in [1.807, 2.05) is 27.0 Å². The molecule has 0 spiro atoms. The number of nitrogens with zero attached hydrogens (tertiary/aromatic N) is 2. The van der Waals surface area contributed by atoms with E-state index >= 15 is 0 Å².